The molecule has 3 rings (SSSR count). The molecule has 1 heterocycles. The van der Waals surface area contributed by atoms with Crippen molar-refractivity contribution in [2.75, 3.05) is 21.3 Å². The van der Waals surface area contributed by atoms with Crippen molar-refractivity contribution in [1.29, 1.82) is 0 Å². The molecule has 3 aromatic rings. The summed E-state index contributed by atoms with van der Waals surface area (Å²) in [6, 6.07) is 12.3. The van der Waals surface area contributed by atoms with Gasteiger partial charge in [0.15, 0.2) is 11.5 Å². The van der Waals surface area contributed by atoms with Crippen LogP contribution in [-0.4, -0.2) is 37.3 Å². The molecule has 0 saturated heterocycles. The van der Waals surface area contributed by atoms with Crippen molar-refractivity contribution in [3.05, 3.63) is 53.9 Å². The third-order valence-corrected chi connectivity index (χ3v) is 3.58. The summed E-state index contributed by atoms with van der Waals surface area (Å²) in [5.41, 5.74) is 1.04. The van der Waals surface area contributed by atoms with E-state index in [4.69, 9.17) is 18.7 Å². The molecule has 0 spiro atoms. The van der Waals surface area contributed by atoms with Crippen LogP contribution in [0.5, 0.6) is 17.2 Å². The smallest absolute Gasteiger partial charge is 0.258 e. The van der Waals surface area contributed by atoms with Crippen molar-refractivity contribution in [2.45, 2.75) is 0 Å². The van der Waals surface area contributed by atoms with Crippen LogP contribution in [0.25, 0.3) is 11.5 Å². The zero-order valence-electron chi connectivity index (χ0n) is 14.0. The van der Waals surface area contributed by atoms with Gasteiger partial charge in [0.25, 0.3) is 5.89 Å². The number of benzene rings is 2. The Kier molecular flexibility index (Phi) is 4.65. The van der Waals surface area contributed by atoms with E-state index in [2.05, 4.69) is 10.1 Å². The molecule has 1 aromatic heterocycles. The van der Waals surface area contributed by atoms with Crippen LogP contribution in [-0.2, 0) is 0 Å². The monoisotopic (exact) mass is 340 g/mol. The number of ketones is 1. The topological polar surface area (TPSA) is 83.7 Å². The van der Waals surface area contributed by atoms with Gasteiger partial charge in [0, 0.05) is 11.1 Å². The Hall–Kier alpha value is -3.35. The van der Waals surface area contributed by atoms with E-state index >= 15 is 0 Å². The van der Waals surface area contributed by atoms with Crippen LogP contribution in [0.2, 0.25) is 0 Å². The predicted octanol–water partition coefficient (Wildman–Crippen LogP) is 2.99. The third kappa shape index (κ3) is 3.16. The van der Waals surface area contributed by atoms with Gasteiger partial charge in [0.2, 0.25) is 17.4 Å². The lowest BCUT2D eigenvalue weighted by atomic mass is 10.1. The Morgan fingerprint density at radius 3 is 2.16 bits per heavy atom. The number of hydrogen-bond donors (Lipinski definition) is 0. The van der Waals surface area contributed by atoms with Gasteiger partial charge in [-0.05, 0) is 24.3 Å². The zero-order valence-corrected chi connectivity index (χ0v) is 14.0. The highest BCUT2D eigenvalue weighted by molar-refractivity contribution is 6.07. The van der Waals surface area contributed by atoms with Gasteiger partial charge in [-0.25, -0.2) is 0 Å². The number of rotatable bonds is 6. The second-order valence-corrected chi connectivity index (χ2v) is 5.03. The molecular formula is C18H16N2O5. The van der Waals surface area contributed by atoms with E-state index in [1.165, 1.54) is 21.3 Å². The Morgan fingerprint density at radius 1 is 0.960 bits per heavy atom. The van der Waals surface area contributed by atoms with E-state index in [1.807, 2.05) is 30.3 Å². The second kappa shape index (κ2) is 7.04. The van der Waals surface area contributed by atoms with Crippen molar-refractivity contribution in [1.82, 2.24) is 10.1 Å². The first-order valence-corrected chi connectivity index (χ1v) is 7.41. The highest BCUT2D eigenvalue weighted by Crippen LogP contribution is 2.38. The summed E-state index contributed by atoms with van der Waals surface area (Å²) in [4.78, 5) is 16.9. The summed E-state index contributed by atoms with van der Waals surface area (Å²) in [5.74, 6) is 0.961. The number of methoxy groups -OCH3 is 3. The number of aromatic nitrogens is 2. The van der Waals surface area contributed by atoms with E-state index < -0.39 is 5.78 Å². The molecule has 0 aliphatic rings. The average molecular weight is 340 g/mol. The van der Waals surface area contributed by atoms with Gasteiger partial charge in [-0.1, -0.05) is 23.4 Å². The Balaban J connectivity index is 1.97. The van der Waals surface area contributed by atoms with Crippen molar-refractivity contribution in [2.24, 2.45) is 0 Å². The number of carbonyl (C=O) groups is 1. The molecule has 0 N–H and O–H groups in total. The van der Waals surface area contributed by atoms with Gasteiger partial charge in [0.05, 0.1) is 21.3 Å². The van der Waals surface area contributed by atoms with Crippen molar-refractivity contribution in [3.8, 4) is 28.7 Å². The number of nitrogens with zero attached hydrogens (tertiary/aromatic N) is 2. The summed E-state index contributed by atoms with van der Waals surface area (Å²) in [6.45, 7) is 0. The van der Waals surface area contributed by atoms with Crippen LogP contribution in [0, 0.1) is 0 Å². The molecule has 0 radical (unpaired) electrons. The summed E-state index contributed by atoms with van der Waals surface area (Å²) < 4.78 is 20.9. The number of hydrogen-bond acceptors (Lipinski definition) is 7. The highest BCUT2D eigenvalue weighted by atomic mass is 16.5. The fourth-order valence-corrected chi connectivity index (χ4v) is 2.35. The van der Waals surface area contributed by atoms with E-state index in [0.29, 0.717) is 22.8 Å². The van der Waals surface area contributed by atoms with Gasteiger partial charge in [-0.15, -0.1) is 0 Å². The van der Waals surface area contributed by atoms with Gasteiger partial charge in [-0.2, -0.15) is 4.98 Å². The second-order valence-electron chi connectivity index (χ2n) is 5.03. The van der Waals surface area contributed by atoms with Crippen LogP contribution < -0.4 is 14.2 Å². The Morgan fingerprint density at radius 2 is 1.60 bits per heavy atom. The largest absolute Gasteiger partial charge is 0.493 e. The van der Waals surface area contributed by atoms with E-state index in [0.717, 1.165) is 5.56 Å². The normalized spacial score (nSPS) is 10.4. The van der Waals surface area contributed by atoms with Gasteiger partial charge in [0.1, 0.15) is 0 Å². The lowest BCUT2D eigenvalue weighted by Crippen LogP contribution is -2.06. The maximum absolute atomic E-state index is 12.7. The SMILES string of the molecule is COc1cc(C(=O)c2noc(-c3ccccc3)n2)cc(OC)c1OC. The number of carbonyl (C=O) groups excluding carboxylic acids is 1. The molecule has 0 saturated carbocycles. The average Bonchev–Trinajstić information content (AvgIpc) is 3.17. The molecule has 7 heteroatoms. The predicted molar refractivity (Wildman–Crippen MR) is 89.3 cm³/mol. The zero-order chi connectivity index (χ0) is 17.8. The van der Waals surface area contributed by atoms with Gasteiger partial charge < -0.3 is 18.7 Å². The van der Waals surface area contributed by atoms with Crippen molar-refractivity contribution in [3.63, 3.8) is 0 Å². The summed E-state index contributed by atoms with van der Waals surface area (Å²) in [7, 11) is 4.45. The molecule has 7 nitrogen and oxygen atoms in total. The molecular weight excluding hydrogens is 324 g/mol. The number of ether oxygens (including phenoxy) is 3. The molecule has 0 bridgehead atoms. The minimum Gasteiger partial charge on any atom is -0.493 e. The molecule has 0 aliphatic heterocycles. The summed E-state index contributed by atoms with van der Waals surface area (Å²) in [5, 5.41) is 3.77. The molecule has 0 amide bonds. The first-order chi connectivity index (χ1) is 12.2. The van der Waals surface area contributed by atoms with Crippen LogP contribution >= 0.6 is 0 Å². The van der Waals surface area contributed by atoms with E-state index in [9.17, 15) is 4.79 Å². The lowest BCUT2D eigenvalue weighted by molar-refractivity contribution is 0.102. The third-order valence-electron chi connectivity index (χ3n) is 3.58. The first kappa shape index (κ1) is 16.5. The highest BCUT2D eigenvalue weighted by Gasteiger charge is 2.22. The van der Waals surface area contributed by atoms with Crippen molar-refractivity contribution < 1.29 is 23.5 Å². The van der Waals surface area contributed by atoms with Crippen LogP contribution in [0.4, 0.5) is 0 Å². The van der Waals surface area contributed by atoms with Gasteiger partial charge >= 0.3 is 0 Å². The first-order valence-electron chi connectivity index (χ1n) is 7.41. The summed E-state index contributed by atoms with van der Waals surface area (Å²) in [6.07, 6.45) is 0. The van der Waals surface area contributed by atoms with E-state index in [1.54, 1.807) is 12.1 Å². The Labute approximate surface area is 144 Å². The van der Waals surface area contributed by atoms with Gasteiger partial charge in [-0.3, -0.25) is 4.79 Å². The lowest BCUT2D eigenvalue weighted by Gasteiger charge is -2.13. The van der Waals surface area contributed by atoms with Crippen LogP contribution in [0.15, 0.2) is 47.0 Å². The molecule has 0 fully saturated rings. The maximum atomic E-state index is 12.7. The molecule has 2 aromatic carbocycles. The molecule has 0 atom stereocenters. The fraction of sp³-hybridized carbons (Fsp3) is 0.167. The minimum atomic E-state index is -0.412. The molecule has 0 unspecified atom stereocenters. The fourth-order valence-electron chi connectivity index (χ4n) is 2.35. The summed E-state index contributed by atoms with van der Waals surface area (Å²) >= 11 is 0. The molecule has 0 aliphatic carbocycles. The quantitative estimate of drug-likeness (QED) is 0.638. The van der Waals surface area contributed by atoms with E-state index in [-0.39, 0.29) is 11.7 Å². The van der Waals surface area contributed by atoms with Crippen molar-refractivity contribution >= 4 is 5.78 Å². The minimum absolute atomic E-state index is 0.0480. The molecule has 128 valence electrons. The Bertz CT molecular complexity index is 864. The maximum Gasteiger partial charge on any atom is 0.258 e. The molecule has 25 heavy (non-hydrogen) atoms. The van der Waals surface area contributed by atoms with Crippen LogP contribution in [0.1, 0.15) is 16.2 Å². The standard InChI is InChI=1S/C18H16N2O5/c1-22-13-9-12(10-14(23-2)16(13)24-3)15(21)17-19-18(25-20-17)11-7-5-4-6-8-11/h4-10H,1-3H3. The van der Waals surface area contributed by atoms with Crippen LogP contribution in [0.3, 0.4) is 0 Å².